The highest BCUT2D eigenvalue weighted by Crippen LogP contribution is 2.18. The molecule has 0 saturated carbocycles. The smallest absolute Gasteiger partial charge is 0.315 e. The van der Waals surface area contributed by atoms with Crippen LogP contribution >= 0.6 is 0 Å². The van der Waals surface area contributed by atoms with E-state index in [1.807, 2.05) is 37.3 Å². The normalized spacial score (nSPS) is 17.7. The van der Waals surface area contributed by atoms with Crippen molar-refractivity contribution in [2.45, 2.75) is 25.9 Å². The van der Waals surface area contributed by atoms with Crippen LogP contribution in [0.3, 0.4) is 0 Å². The van der Waals surface area contributed by atoms with Crippen LogP contribution in [0.25, 0.3) is 0 Å². The summed E-state index contributed by atoms with van der Waals surface area (Å²) in [5, 5.41) is 6.31. The molecular formula is C23H32N4O. The van der Waals surface area contributed by atoms with E-state index in [1.165, 1.54) is 5.56 Å². The van der Waals surface area contributed by atoms with E-state index in [2.05, 4.69) is 58.7 Å². The Hall–Kier alpha value is -2.37. The molecule has 0 radical (unpaired) electrons. The first-order chi connectivity index (χ1) is 13.5. The third-order valence-corrected chi connectivity index (χ3v) is 5.55. The fraction of sp³-hybridized carbons (Fsp3) is 0.435. The van der Waals surface area contributed by atoms with Crippen molar-refractivity contribution in [1.29, 1.82) is 0 Å². The van der Waals surface area contributed by atoms with Gasteiger partial charge in [0.05, 0.1) is 12.1 Å². The molecule has 1 aliphatic rings. The molecule has 150 valence electrons. The Bertz CT molecular complexity index is 756. The number of urea groups is 1. The van der Waals surface area contributed by atoms with Crippen molar-refractivity contribution in [3.05, 3.63) is 71.3 Å². The highest BCUT2D eigenvalue weighted by Gasteiger charge is 2.22. The number of amides is 2. The van der Waals surface area contributed by atoms with Gasteiger partial charge in [0.2, 0.25) is 0 Å². The summed E-state index contributed by atoms with van der Waals surface area (Å²) in [5.41, 5.74) is 3.47. The van der Waals surface area contributed by atoms with Gasteiger partial charge < -0.3 is 15.5 Å². The van der Waals surface area contributed by atoms with E-state index in [0.29, 0.717) is 0 Å². The SMILES string of the molecule is Cc1ccccc1C(C)NC(=O)NC(CN1CCN(C)CC1)c1ccccc1. The molecule has 0 aromatic heterocycles. The molecule has 2 aromatic rings. The average Bonchev–Trinajstić information content (AvgIpc) is 2.70. The summed E-state index contributed by atoms with van der Waals surface area (Å²) in [6.45, 7) is 9.12. The second-order valence-electron chi connectivity index (χ2n) is 7.76. The summed E-state index contributed by atoms with van der Waals surface area (Å²) < 4.78 is 0. The Morgan fingerprint density at radius 1 is 0.964 bits per heavy atom. The first-order valence-electron chi connectivity index (χ1n) is 10.1. The highest BCUT2D eigenvalue weighted by atomic mass is 16.2. The number of hydrogen-bond donors (Lipinski definition) is 2. The first-order valence-corrected chi connectivity index (χ1v) is 10.1. The topological polar surface area (TPSA) is 47.6 Å². The van der Waals surface area contributed by atoms with Crippen molar-refractivity contribution in [3.8, 4) is 0 Å². The summed E-state index contributed by atoms with van der Waals surface area (Å²) in [4.78, 5) is 17.5. The third-order valence-electron chi connectivity index (χ3n) is 5.55. The number of carbonyl (C=O) groups is 1. The fourth-order valence-electron chi connectivity index (χ4n) is 3.76. The summed E-state index contributed by atoms with van der Waals surface area (Å²) in [6, 6.07) is 18.2. The largest absolute Gasteiger partial charge is 0.332 e. The standard InChI is InChI=1S/C23H32N4O/c1-18-9-7-8-12-21(18)19(2)24-23(28)25-22(20-10-5-4-6-11-20)17-27-15-13-26(3)14-16-27/h4-12,19,22H,13-17H2,1-3H3,(H2,24,25,28). The van der Waals surface area contributed by atoms with Crippen LogP contribution in [0.1, 0.15) is 35.7 Å². The van der Waals surface area contributed by atoms with E-state index in [4.69, 9.17) is 0 Å². The highest BCUT2D eigenvalue weighted by molar-refractivity contribution is 5.75. The maximum atomic E-state index is 12.8. The molecule has 5 nitrogen and oxygen atoms in total. The molecule has 5 heteroatoms. The monoisotopic (exact) mass is 380 g/mol. The van der Waals surface area contributed by atoms with Gasteiger partial charge in [-0.15, -0.1) is 0 Å². The molecular weight excluding hydrogens is 348 g/mol. The minimum Gasteiger partial charge on any atom is -0.332 e. The molecule has 2 N–H and O–H groups in total. The van der Waals surface area contributed by atoms with Crippen LogP contribution in [0.2, 0.25) is 0 Å². The first kappa shape index (κ1) is 20.4. The Balaban J connectivity index is 1.65. The van der Waals surface area contributed by atoms with E-state index in [-0.39, 0.29) is 18.1 Å². The van der Waals surface area contributed by atoms with Gasteiger partial charge in [0, 0.05) is 32.7 Å². The minimum absolute atomic E-state index is 0.0336. The minimum atomic E-state index is -0.126. The van der Waals surface area contributed by atoms with E-state index >= 15 is 0 Å². The Morgan fingerprint density at radius 2 is 1.61 bits per heavy atom. The lowest BCUT2D eigenvalue weighted by molar-refractivity contribution is 0.142. The maximum absolute atomic E-state index is 12.8. The summed E-state index contributed by atoms with van der Waals surface area (Å²) in [6.07, 6.45) is 0. The number of hydrogen-bond acceptors (Lipinski definition) is 3. The number of benzene rings is 2. The summed E-state index contributed by atoms with van der Waals surface area (Å²) >= 11 is 0. The molecule has 0 spiro atoms. The van der Waals surface area contributed by atoms with Gasteiger partial charge in [0.15, 0.2) is 0 Å². The fourth-order valence-corrected chi connectivity index (χ4v) is 3.76. The molecule has 3 rings (SSSR count). The Kier molecular flexibility index (Phi) is 7.06. The summed E-state index contributed by atoms with van der Waals surface area (Å²) in [5.74, 6) is 0. The molecule has 1 saturated heterocycles. The van der Waals surface area contributed by atoms with Gasteiger partial charge in [-0.2, -0.15) is 0 Å². The van der Waals surface area contributed by atoms with E-state index in [0.717, 1.165) is 43.9 Å². The second-order valence-corrected chi connectivity index (χ2v) is 7.76. The van der Waals surface area contributed by atoms with Crippen LogP contribution in [-0.4, -0.2) is 55.6 Å². The zero-order valence-electron chi connectivity index (χ0n) is 17.2. The number of likely N-dealkylation sites (N-methyl/N-ethyl adjacent to an activating group) is 1. The van der Waals surface area contributed by atoms with Crippen LogP contribution in [0.15, 0.2) is 54.6 Å². The molecule has 0 bridgehead atoms. The molecule has 2 unspecified atom stereocenters. The number of nitrogens with one attached hydrogen (secondary N) is 2. The molecule has 1 heterocycles. The summed E-state index contributed by atoms with van der Waals surface area (Å²) in [7, 11) is 2.16. The van der Waals surface area contributed by atoms with Crippen molar-refractivity contribution < 1.29 is 4.79 Å². The van der Waals surface area contributed by atoms with Crippen molar-refractivity contribution in [2.75, 3.05) is 39.8 Å². The van der Waals surface area contributed by atoms with Gasteiger partial charge in [0.1, 0.15) is 0 Å². The molecule has 1 fully saturated rings. The van der Waals surface area contributed by atoms with Crippen molar-refractivity contribution in [3.63, 3.8) is 0 Å². The van der Waals surface area contributed by atoms with Gasteiger partial charge in [-0.1, -0.05) is 54.6 Å². The maximum Gasteiger partial charge on any atom is 0.315 e. The lowest BCUT2D eigenvalue weighted by atomic mass is 10.0. The molecule has 2 amide bonds. The predicted molar refractivity (Wildman–Crippen MR) is 114 cm³/mol. The zero-order valence-corrected chi connectivity index (χ0v) is 17.2. The van der Waals surface area contributed by atoms with Crippen molar-refractivity contribution >= 4 is 6.03 Å². The zero-order chi connectivity index (χ0) is 19.9. The molecule has 1 aliphatic heterocycles. The molecule has 0 aliphatic carbocycles. The lowest BCUT2D eigenvalue weighted by Crippen LogP contribution is -2.49. The van der Waals surface area contributed by atoms with E-state index in [1.54, 1.807) is 0 Å². The Labute approximate surface area is 168 Å². The molecule has 2 aromatic carbocycles. The van der Waals surface area contributed by atoms with Crippen LogP contribution in [0, 0.1) is 6.92 Å². The third kappa shape index (κ3) is 5.57. The van der Waals surface area contributed by atoms with Crippen LogP contribution in [0.4, 0.5) is 4.79 Å². The molecule has 28 heavy (non-hydrogen) atoms. The predicted octanol–water partition coefficient (Wildman–Crippen LogP) is 3.34. The van der Waals surface area contributed by atoms with Crippen molar-refractivity contribution in [2.24, 2.45) is 0 Å². The Morgan fingerprint density at radius 3 is 2.29 bits per heavy atom. The van der Waals surface area contributed by atoms with E-state index in [9.17, 15) is 4.79 Å². The number of carbonyl (C=O) groups excluding carboxylic acids is 1. The average molecular weight is 381 g/mol. The van der Waals surface area contributed by atoms with Crippen LogP contribution < -0.4 is 10.6 Å². The van der Waals surface area contributed by atoms with Crippen LogP contribution in [-0.2, 0) is 0 Å². The molecule has 2 atom stereocenters. The number of aryl methyl sites for hydroxylation is 1. The second kappa shape index (κ2) is 9.71. The van der Waals surface area contributed by atoms with Gasteiger partial charge in [-0.3, -0.25) is 4.90 Å². The van der Waals surface area contributed by atoms with E-state index < -0.39 is 0 Å². The van der Waals surface area contributed by atoms with Crippen LogP contribution in [0.5, 0.6) is 0 Å². The van der Waals surface area contributed by atoms with Gasteiger partial charge >= 0.3 is 6.03 Å². The van der Waals surface area contributed by atoms with Crippen molar-refractivity contribution in [1.82, 2.24) is 20.4 Å². The van der Waals surface area contributed by atoms with Gasteiger partial charge in [-0.25, -0.2) is 4.79 Å². The quantitative estimate of drug-likeness (QED) is 0.808. The number of nitrogens with zero attached hydrogens (tertiary/aromatic N) is 2. The number of piperazine rings is 1. The van der Waals surface area contributed by atoms with Gasteiger partial charge in [-0.05, 0) is 37.6 Å². The number of rotatable bonds is 6. The van der Waals surface area contributed by atoms with Gasteiger partial charge in [0.25, 0.3) is 0 Å². The lowest BCUT2D eigenvalue weighted by Gasteiger charge is -2.35.